The summed E-state index contributed by atoms with van der Waals surface area (Å²) in [4.78, 5) is 4.31. The second-order valence-corrected chi connectivity index (χ2v) is 4.66. The van der Waals surface area contributed by atoms with Crippen LogP contribution in [0.4, 0.5) is 0 Å². The second kappa shape index (κ2) is 7.60. The molecule has 6 heteroatoms. The van der Waals surface area contributed by atoms with Crippen LogP contribution in [0.25, 0.3) is 0 Å². The van der Waals surface area contributed by atoms with E-state index in [9.17, 15) is 0 Å². The minimum Gasteiger partial charge on any atom is -0.370 e. The van der Waals surface area contributed by atoms with Crippen LogP contribution in [0.15, 0.2) is 17.3 Å². The zero-order valence-corrected chi connectivity index (χ0v) is 13.1. The van der Waals surface area contributed by atoms with E-state index in [0.717, 1.165) is 5.69 Å². The highest BCUT2D eigenvalue weighted by atomic mass is 127. The maximum absolute atomic E-state index is 5.86. The molecule has 0 bridgehead atoms. The van der Waals surface area contributed by atoms with Gasteiger partial charge in [0, 0.05) is 19.3 Å². The van der Waals surface area contributed by atoms with Crippen molar-refractivity contribution in [2.75, 3.05) is 0 Å². The Morgan fingerprint density at radius 3 is 2.83 bits per heavy atom. The van der Waals surface area contributed by atoms with Crippen LogP contribution in [0.3, 0.4) is 0 Å². The first kappa shape index (κ1) is 15.3. The van der Waals surface area contributed by atoms with Crippen molar-refractivity contribution in [3.8, 4) is 0 Å². The normalized spacial score (nSPS) is 17.3. The van der Waals surface area contributed by atoms with Gasteiger partial charge in [0.25, 0.3) is 0 Å². The fourth-order valence-electron chi connectivity index (χ4n) is 2.22. The molecule has 1 saturated carbocycles. The van der Waals surface area contributed by atoms with Gasteiger partial charge in [-0.1, -0.05) is 19.3 Å². The molecule has 5 nitrogen and oxygen atoms in total. The summed E-state index contributed by atoms with van der Waals surface area (Å²) < 4.78 is 1.77. The average molecular weight is 363 g/mol. The van der Waals surface area contributed by atoms with Gasteiger partial charge in [-0.15, -0.1) is 24.0 Å². The molecule has 18 heavy (non-hydrogen) atoms. The topological polar surface area (TPSA) is 68.2 Å². The lowest BCUT2D eigenvalue weighted by Crippen LogP contribution is -2.41. The van der Waals surface area contributed by atoms with E-state index in [4.69, 9.17) is 5.73 Å². The van der Waals surface area contributed by atoms with Crippen LogP contribution in [0.2, 0.25) is 0 Å². The molecule has 0 aliphatic heterocycles. The van der Waals surface area contributed by atoms with Crippen LogP contribution in [0.5, 0.6) is 0 Å². The molecule has 0 amide bonds. The number of nitrogens with one attached hydrogen (secondary N) is 1. The molecule has 102 valence electrons. The first-order valence-corrected chi connectivity index (χ1v) is 6.29. The summed E-state index contributed by atoms with van der Waals surface area (Å²) in [6.07, 6.45) is 8.27. The first-order valence-electron chi connectivity index (χ1n) is 6.29. The van der Waals surface area contributed by atoms with Gasteiger partial charge in [0.2, 0.25) is 0 Å². The van der Waals surface area contributed by atoms with Crippen LogP contribution in [0.1, 0.15) is 37.8 Å². The summed E-state index contributed by atoms with van der Waals surface area (Å²) in [5, 5.41) is 7.54. The third-order valence-electron chi connectivity index (χ3n) is 3.14. The summed E-state index contributed by atoms with van der Waals surface area (Å²) >= 11 is 0. The Balaban J connectivity index is 0.00000162. The molecule has 0 aromatic carbocycles. The zero-order valence-electron chi connectivity index (χ0n) is 10.8. The Labute approximate surface area is 125 Å². The van der Waals surface area contributed by atoms with E-state index >= 15 is 0 Å². The van der Waals surface area contributed by atoms with Crippen LogP contribution >= 0.6 is 24.0 Å². The predicted octanol–water partition coefficient (Wildman–Crippen LogP) is 1.78. The highest BCUT2D eigenvalue weighted by Crippen LogP contribution is 2.16. The standard InChI is InChI=1S/C12H21N5.HI/c1-17-8-7-11(16-17)9-14-12(13)15-10-5-3-2-4-6-10;/h7-8,10H,2-6,9H2,1H3,(H3,13,14,15);1H. The first-order chi connectivity index (χ1) is 8.24. The third-order valence-corrected chi connectivity index (χ3v) is 3.14. The number of aryl methyl sites for hydroxylation is 1. The lowest BCUT2D eigenvalue weighted by atomic mass is 9.96. The van der Waals surface area contributed by atoms with Crippen molar-refractivity contribution >= 4 is 29.9 Å². The lowest BCUT2D eigenvalue weighted by molar-refractivity contribution is 0.412. The van der Waals surface area contributed by atoms with Crippen molar-refractivity contribution in [3.63, 3.8) is 0 Å². The van der Waals surface area contributed by atoms with Gasteiger partial charge < -0.3 is 11.1 Å². The maximum Gasteiger partial charge on any atom is 0.189 e. The highest BCUT2D eigenvalue weighted by Gasteiger charge is 2.13. The van der Waals surface area contributed by atoms with Crippen molar-refractivity contribution in [2.24, 2.45) is 17.8 Å². The van der Waals surface area contributed by atoms with Gasteiger partial charge in [0.1, 0.15) is 0 Å². The van der Waals surface area contributed by atoms with E-state index in [1.54, 1.807) is 4.68 Å². The van der Waals surface area contributed by atoms with E-state index in [0.29, 0.717) is 18.5 Å². The quantitative estimate of drug-likeness (QED) is 0.489. The number of aliphatic imine (C=N–C) groups is 1. The average Bonchev–Trinajstić information content (AvgIpc) is 2.74. The van der Waals surface area contributed by atoms with Crippen LogP contribution in [-0.4, -0.2) is 21.8 Å². The predicted molar refractivity (Wildman–Crippen MR) is 84.0 cm³/mol. The molecule has 1 aliphatic rings. The Morgan fingerprint density at radius 1 is 1.50 bits per heavy atom. The number of aromatic nitrogens is 2. The minimum atomic E-state index is 0. The van der Waals surface area contributed by atoms with Crippen molar-refractivity contribution in [1.29, 1.82) is 0 Å². The van der Waals surface area contributed by atoms with E-state index in [2.05, 4.69) is 15.4 Å². The second-order valence-electron chi connectivity index (χ2n) is 4.66. The summed E-state index contributed by atoms with van der Waals surface area (Å²) in [6.45, 7) is 0.548. The largest absolute Gasteiger partial charge is 0.370 e. The molecule has 2 rings (SSSR count). The van der Waals surface area contributed by atoms with Crippen molar-refractivity contribution in [1.82, 2.24) is 15.1 Å². The Kier molecular flexibility index (Phi) is 6.45. The summed E-state index contributed by atoms with van der Waals surface area (Å²) in [7, 11) is 1.90. The van der Waals surface area contributed by atoms with Gasteiger partial charge in [-0.3, -0.25) is 4.68 Å². The van der Waals surface area contributed by atoms with Gasteiger partial charge in [0.05, 0.1) is 12.2 Å². The Bertz CT molecular complexity index is 382. The minimum absolute atomic E-state index is 0. The van der Waals surface area contributed by atoms with Crippen molar-refractivity contribution in [3.05, 3.63) is 18.0 Å². The maximum atomic E-state index is 5.86. The van der Waals surface area contributed by atoms with E-state index in [1.807, 2.05) is 19.3 Å². The van der Waals surface area contributed by atoms with E-state index in [1.165, 1.54) is 32.1 Å². The summed E-state index contributed by atoms with van der Waals surface area (Å²) in [5.41, 5.74) is 6.81. The van der Waals surface area contributed by atoms with Crippen LogP contribution in [-0.2, 0) is 13.6 Å². The van der Waals surface area contributed by atoms with Crippen LogP contribution in [0, 0.1) is 0 Å². The smallest absolute Gasteiger partial charge is 0.189 e. The molecule has 0 saturated heterocycles. The monoisotopic (exact) mass is 363 g/mol. The summed E-state index contributed by atoms with van der Waals surface area (Å²) in [6, 6.07) is 2.47. The van der Waals surface area contributed by atoms with Gasteiger partial charge in [-0.2, -0.15) is 5.10 Å². The number of guanidine groups is 1. The number of hydrogen-bond donors (Lipinski definition) is 2. The van der Waals surface area contributed by atoms with Gasteiger partial charge in [-0.05, 0) is 18.9 Å². The van der Waals surface area contributed by atoms with E-state index in [-0.39, 0.29) is 24.0 Å². The SMILES string of the molecule is Cn1ccc(CN=C(N)NC2CCCCC2)n1.I. The molecule has 1 aliphatic carbocycles. The number of rotatable bonds is 3. The van der Waals surface area contributed by atoms with Gasteiger partial charge >= 0.3 is 0 Å². The van der Waals surface area contributed by atoms with Crippen molar-refractivity contribution < 1.29 is 0 Å². The molecule has 1 fully saturated rings. The molecule has 1 aromatic heterocycles. The fraction of sp³-hybridized carbons (Fsp3) is 0.667. The number of nitrogens with two attached hydrogens (primary N) is 1. The molecule has 0 radical (unpaired) electrons. The highest BCUT2D eigenvalue weighted by molar-refractivity contribution is 14.0. The third kappa shape index (κ3) is 4.83. The number of nitrogens with zero attached hydrogens (tertiary/aromatic N) is 3. The summed E-state index contributed by atoms with van der Waals surface area (Å²) in [5.74, 6) is 0.544. The van der Waals surface area contributed by atoms with Gasteiger partial charge in [0.15, 0.2) is 5.96 Å². The lowest BCUT2D eigenvalue weighted by Gasteiger charge is -2.23. The fourth-order valence-corrected chi connectivity index (χ4v) is 2.22. The molecule has 0 spiro atoms. The molecular formula is C12H22IN5. The van der Waals surface area contributed by atoms with E-state index < -0.39 is 0 Å². The zero-order chi connectivity index (χ0) is 12.1. The van der Waals surface area contributed by atoms with Crippen molar-refractivity contribution in [2.45, 2.75) is 44.7 Å². The molecule has 0 atom stereocenters. The molecule has 1 heterocycles. The Hall–Kier alpha value is -0.790. The molecule has 3 N–H and O–H groups in total. The Morgan fingerprint density at radius 2 is 2.22 bits per heavy atom. The van der Waals surface area contributed by atoms with Gasteiger partial charge in [-0.25, -0.2) is 4.99 Å². The molecular weight excluding hydrogens is 341 g/mol. The number of halogens is 1. The number of hydrogen-bond acceptors (Lipinski definition) is 2. The molecule has 0 unspecified atom stereocenters. The molecule has 1 aromatic rings. The van der Waals surface area contributed by atoms with Crippen LogP contribution < -0.4 is 11.1 Å².